The molecule has 0 radical (unpaired) electrons. The average molecular weight is 291 g/mol. The first-order valence-electron chi connectivity index (χ1n) is 7.30. The van der Waals surface area contributed by atoms with E-state index in [-0.39, 0.29) is 11.6 Å². The van der Waals surface area contributed by atoms with Crippen LogP contribution < -0.4 is 5.32 Å². The highest BCUT2D eigenvalue weighted by atomic mass is 16.6. The number of rotatable bonds is 5. The molecule has 6 nitrogen and oxygen atoms in total. The number of nitro benzene ring substituents is 1. The third-order valence-corrected chi connectivity index (χ3v) is 4.06. The number of carbonyl (C=O) groups is 1. The summed E-state index contributed by atoms with van der Waals surface area (Å²) in [6.07, 6.45) is 2.28. The van der Waals surface area contributed by atoms with Crippen molar-refractivity contribution in [3.05, 3.63) is 39.4 Å². The predicted molar refractivity (Wildman–Crippen MR) is 80.4 cm³/mol. The van der Waals surface area contributed by atoms with Gasteiger partial charge in [0, 0.05) is 29.8 Å². The van der Waals surface area contributed by atoms with Crippen LogP contribution in [-0.4, -0.2) is 41.4 Å². The average Bonchev–Trinajstić information content (AvgIpc) is 2.91. The predicted octanol–water partition coefficient (Wildman–Crippen LogP) is 2.12. The summed E-state index contributed by atoms with van der Waals surface area (Å²) in [7, 11) is 0. The van der Waals surface area contributed by atoms with Gasteiger partial charge in [-0.25, -0.2) is 0 Å². The molecule has 0 aromatic heterocycles. The quantitative estimate of drug-likeness (QED) is 0.666. The minimum atomic E-state index is -0.436. The Labute approximate surface area is 124 Å². The molecule has 1 amide bonds. The number of hydrogen-bond donors (Lipinski definition) is 1. The molecule has 1 fully saturated rings. The number of benzene rings is 1. The van der Waals surface area contributed by atoms with E-state index in [1.807, 2.05) is 0 Å². The highest BCUT2D eigenvalue weighted by Crippen LogP contribution is 2.19. The Morgan fingerprint density at radius 1 is 1.52 bits per heavy atom. The van der Waals surface area contributed by atoms with Gasteiger partial charge in [-0.3, -0.25) is 19.8 Å². The molecule has 1 atom stereocenters. The number of nitrogens with zero attached hydrogens (tertiary/aromatic N) is 2. The summed E-state index contributed by atoms with van der Waals surface area (Å²) in [5.41, 5.74) is 1.02. The lowest BCUT2D eigenvalue weighted by Gasteiger charge is -2.22. The topological polar surface area (TPSA) is 75.5 Å². The summed E-state index contributed by atoms with van der Waals surface area (Å²) < 4.78 is 0. The van der Waals surface area contributed by atoms with Crippen molar-refractivity contribution in [2.45, 2.75) is 32.7 Å². The van der Waals surface area contributed by atoms with E-state index in [1.165, 1.54) is 18.6 Å². The van der Waals surface area contributed by atoms with E-state index < -0.39 is 4.92 Å². The Kier molecular flexibility index (Phi) is 4.90. The van der Waals surface area contributed by atoms with Crippen molar-refractivity contribution < 1.29 is 9.72 Å². The number of aryl methyl sites for hydroxylation is 1. The van der Waals surface area contributed by atoms with Crippen LogP contribution in [0.2, 0.25) is 0 Å². The smallest absolute Gasteiger partial charge is 0.272 e. The second-order valence-corrected chi connectivity index (χ2v) is 5.39. The molecule has 1 heterocycles. The van der Waals surface area contributed by atoms with Crippen LogP contribution in [0.4, 0.5) is 5.69 Å². The molecule has 1 aliphatic rings. The first kappa shape index (κ1) is 15.4. The second-order valence-electron chi connectivity index (χ2n) is 5.39. The third-order valence-electron chi connectivity index (χ3n) is 4.06. The van der Waals surface area contributed by atoms with Crippen LogP contribution in [0.5, 0.6) is 0 Å². The van der Waals surface area contributed by atoms with Gasteiger partial charge in [-0.1, -0.05) is 6.92 Å². The van der Waals surface area contributed by atoms with Gasteiger partial charge in [0.1, 0.15) is 0 Å². The standard InChI is InChI=1S/C15H21N3O3/c1-3-17-8-4-5-13(17)10-16-15(19)12-6-7-14(18(20)21)11(2)9-12/h6-7,9,13H,3-5,8,10H2,1-2H3,(H,16,19)/t13-/m1/s1. The van der Waals surface area contributed by atoms with Gasteiger partial charge < -0.3 is 5.32 Å². The number of likely N-dealkylation sites (tertiary alicyclic amines) is 1. The summed E-state index contributed by atoms with van der Waals surface area (Å²) in [6.45, 7) is 6.48. The second kappa shape index (κ2) is 6.67. The molecule has 1 aliphatic heterocycles. The Morgan fingerprint density at radius 3 is 2.90 bits per heavy atom. The van der Waals surface area contributed by atoms with E-state index in [1.54, 1.807) is 13.0 Å². The van der Waals surface area contributed by atoms with Crippen LogP contribution in [-0.2, 0) is 0 Å². The SMILES string of the molecule is CCN1CCC[C@@H]1CNC(=O)c1ccc([N+](=O)[O-])c(C)c1. The molecule has 1 aromatic rings. The summed E-state index contributed by atoms with van der Waals surface area (Å²) in [4.78, 5) is 24.8. The van der Waals surface area contributed by atoms with Crippen molar-refractivity contribution >= 4 is 11.6 Å². The number of amides is 1. The Hall–Kier alpha value is -1.95. The van der Waals surface area contributed by atoms with Crippen LogP contribution >= 0.6 is 0 Å². The normalized spacial score (nSPS) is 18.7. The number of likely N-dealkylation sites (N-methyl/N-ethyl adjacent to an activating group) is 1. The fourth-order valence-corrected chi connectivity index (χ4v) is 2.86. The summed E-state index contributed by atoms with van der Waals surface area (Å²) in [6, 6.07) is 4.86. The van der Waals surface area contributed by atoms with E-state index in [2.05, 4.69) is 17.1 Å². The summed E-state index contributed by atoms with van der Waals surface area (Å²) in [5.74, 6) is -0.170. The molecule has 0 spiro atoms. The van der Waals surface area contributed by atoms with Crippen molar-refractivity contribution in [2.75, 3.05) is 19.6 Å². The number of nitro groups is 1. The molecule has 6 heteroatoms. The maximum Gasteiger partial charge on any atom is 0.272 e. The number of carbonyl (C=O) groups excluding carboxylic acids is 1. The molecular weight excluding hydrogens is 270 g/mol. The summed E-state index contributed by atoms with van der Waals surface area (Å²) >= 11 is 0. The van der Waals surface area contributed by atoms with Crippen molar-refractivity contribution in [1.82, 2.24) is 10.2 Å². The van der Waals surface area contributed by atoms with Gasteiger partial charge in [-0.2, -0.15) is 0 Å². The van der Waals surface area contributed by atoms with Gasteiger partial charge in [0.25, 0.3) is 11.6 Å². The molecule has 0 unspecified atom stereocenters. The highest BCUT2D eigenvalue weighted by Gasteiger charge is 2.23. The Balaban J connectivity index is 1.97. The maximum absolute atomic E-state index is 12.1. The van der Waals surface area contributed by atoms with Crippen LogP contribution in [0, 0.1) is 17.0 Å². The molecule has 1 N–H and O–H groups in total. The molecule has 1 aromatic carbocycles. The van der Waals surface area contributed by atoms with E-state index in [9.17, 15) is 14.9 Å². The van der Waals surface area contributed by atoms with Crippen molar-refractivity contribution in [2.24, 2.45) is 0 Å². The lowest BCUT2D eigenvalue weighted by molar-refractivity contribution is -0.385. The third kappa shape index (κ3) is 3.58. The fourth-order valence-electron chi connectivity index (χ4n) is 2.86. The van der Waals surface area contributed by atoms with Crippen molar-refractivity contribution in [1.29, 1.82) is 0 Å². The zero-order chi connectivity index (χ0) is 15.4. The minimum Gasteiger partial charge on any atom is -0.350 e. The van der Waals surface area contributed by atoms with Gasteiger partial charge in [0.15, 0.2) is 0 Å². The van der Waals surface area contributed by atoms with Gasteiger partial charge >= 0.3 is 0 Å². The zero-order valence-electron chi connectivity index (χ0n) is 12.5. The number of hydrogen-bond acceptors (Lipinski definition) is 4. The Morgan fingerprint density at radius 2 is 2.29 bits per heavy atom. The molecule has 21 heavy (non-hydrogen) atoms. The first-order valence-corrected chi connectivity index (χ1v) is 7.30. The van der Waals surface area contributed by atoms with Gasteiger partial charge in [-0.15, -0.1) is 0 Å². The minimum absolute atomic E-state index is 0.0412. The molecule has 0 saturated carbocycles. The number of nitrogens with one attached hydrogen (secondary N) is 1. The fraction of sp³-hybridized carbons (Fsp3) is 0.533. The van der Waals surface area contributed by atoms with Crippen LogP contribution in [0.25, 0.3) is 0 Å². The highest BCUT2D eigenvalue weighted by molar-refractivity contribution is 5.94. The molecule has 0 aliphatic carbocycles. The van der Waals surface area contributed by atoms with Crippen molar-refractivity contribution in [3.8, 4) is 0 Å². The zero-order valence-corrected chi connectivity index (χ0v) is 12.5. The van der Waals surface area contributed by atoms with E-state index in [0.717, 1.165) is 19.5 Å². The van der Waals surface area contributed by atoms with Crippen LogP contribution in [0.3, 0.4) is 0 Å². The molecule has 114 valence electrons. The van der Waals surface area contributed by atoms with Gasteiger partial charge in [-0.05, 0) is 45.0 Å². The molecule has 1 saturated heterocycles. The largest absolute Gasteiger partial charge is 0.350 e. The van der Waals surface area contributed by atoms with Crippen LogP contribution in [0.15, 0.2) is 18.2 Å². The van der Waals surface area contributed by atoms with E-state index >= 15 is 0 Å². The monoisotopic (exact) mass is 291 g/mol. The lowest BCUT2D eigenvalue weighted by Crippen LogP contribution is -2.40. The lowest BCUT2D eigenvalue weighted by atomic mass is 10.1. The van der Waals surface area contributed by atoms with Gasteiger partial charge in [0.05, 0.1) is 4.92 Å². The van der Waals surface area contributed by atoms with Crippen LogP contribution in [0.1, 0.15) is 35.7 Å². The molecule has 0 bridgehead atoms. The van der Waals surface area contributed by atoms with Gasteiger partial charge in [0.2, 0.25) is 0 Å². The van der Waals surface area contributed by atoms with Crippen molar-refractivity contribution in [3.63, 3.8) is 0 Å². The maximum atomic E-state index is 12.1. The summed E-state index contributed by atoms with van der Waals surface area (Å²) in [5, 5.41) is 13.7. The first-order chi connectivity index (χ1) is 10.0. The van der Waals surface area contributed by atoms with E-state index in [4.69, 9.17) is 0 Å². The molecule has 2 rings (SSSR count). The van der Waals surface area contributed by atoms with E-state index in [0.29, 0.717) is 23.7 Å². The molecular formula is C15H21N3O3. The Bertz CT molecular complexity index is 545.